The Hall–Kier alpha value is -4.13. The molecule has 282 valence electrons. The summed E-state index contributed by atoms with van der Waals surface area (Å²) in [7, 11) is 1.70. The van der Waals surface area contributed by atoms with Crippen LogP contribution in [0.25, 0.3) is 33.4 Å². The number of nitrogens with one attached hydrogen (secondary N) is 2. The highest BCUT2D eigenvalue weighted by atomic mass is 32.1. The SMILES string of the molecule is CCn1c(-c2cccnc2[C@H](C)OC)c2c3cc(ccc31)-c1csc(n1)C[C@H](NC(=O)[C@@H]1[C@H](C)C1(C)C)C(=O)N1CCC[C@H](N1)C(=O)OCC(C)(C)C2. The number of carbonyl (C=O) groups excluding carboxylic acids is 3. The minimum Gasteiger partial charge on any atom is -0.464 e. The first-order valence-electron chi connectivity index (χ1n) is 18.9. The lowest BCUT2D eigenvalue weighted by Gasteiger charge is -2.35. The van der Waals surface area contributed by atoms with Crippen LogP contribution in [0.5, 0.6) is 0 Å². The van der Waals surface area contributed by atoms with E-state index in [2.05, 4.69) is 81.1 Å². The van der Waals surface area contributed by atoms with Gasteiger partial charge in [0.15, 0.2) is 0 Å². The third kappa shape index (κ3) is 7.01. The fraction of sp³-hybridized carbons (Fsp3) is 0.537. The maximum Gasteiger partial charge on any atom is 0.324 e. The predicted molar refractivity (Wildman–Crippen MR) is 206 cm³/mol. The number of fused-ring (bicyclic) bond motifs is 6. The lowest BCUT2D eigenvalue weighted by atomic mass is 9.84. The van der Waals surface area contributed by atoms with Crippen molar-refractivity contribution in [1.82, 2.24) is 30.3 Å². The fourth-order valence-electron chi connectivity index (χ4n) is 8.28. The molecule has 5 heterocycles. The van der Waals surface area contributed by atoms with Crippen molar-refractivity contribution in [3.05, 3.63) is 58.2 Å². The van der Waals surface area contributed by atoms with E-state index in [4.69, 9.17) is 19.4 Å². The van der Waals surface area contributed by atoms with Crippen molar-refractivity contribution in [3.8, 4) is 22.5 Å². The second-order valence-electron chi connectivity index (χ2n) is 16.4. The molecule has 53 heavy (non-hydrogen) atoms. The van der Waals surface area contributed by atoms with Gasteiger partial charge in [0.1, 0.15) is 12.1 Å². The van der Waals surface area contributed by atoms with Crippen molar-refractivity contribution in [1.29, 1.82) is 0 Å². The molecule has 2 amide bonds. The number of esters is 1. The predicted octanol–water partition coefficient (Wildman–Crippen LogP) is 6.49. The number of aryl methyl sites for hydroxylation is 1. The summed E-state index contributed by atoms with van der Waals surface area (Å²) in [5.41, 5.74) is 9.55. The van der Waals surface area contributed by atoms with Crippen molar-refractivity contribution in [3.63, 3.8) is 0 Å². The number of rotatable bonds is 6. The number of nitrogens with zero attached hydrogens (tertiary/aromatic N) is 4. The first-order valence-corrected chi connectivity index (χ1v) is 19.7. The van der Waals surface area contributed by atoms with E-state index >= 15 is 0 Å². The second-order valence-corrected chi connectivity index (χ2v) is 17.3. The van der Waals surface area contributed by atoms with Crippen LogP contribution >= 0.6 is 11.3 Å². The van der Waals surface area contributed by atoms with Crippen molar-refractivity contribution in [2.24, 2.45) is 22.7 Å². The molecule has 1 aliphatic carbocycles. The van der Waals surface area contributed by atoms with E-state index in [0.717, 1.165) is 56.2 Å². The van der Waals surface area contributed by atoms with Crippen molar-refractivity contribution in [2.45, 2.75) is 98.9 Å². The average Bonchev–Trinajstić information content (AvgIpc) is 3.44. The highest BCUT2D eigenvalue weighted by Gasteiger charge is 2.59. The molecule has 2 N–H and O–H groups in total. The minimum atomic E-state index is -0.844. The van der Waals surface area contributed by atoms with Crippen LogP contribution in [0.2, 0.25) is 0 Å². The molecule has 7 rings (SSSR count). The van der Waals surface area contributed by atoms with Crippen LogP contribution < -0.4 is 10.7 Å². The maximum absolute atomic E-state index is 14.2. The number of amides is 2. The van der Waals surface area contributed by atoms with Gasteiger partial charge in [0, 0.05) is 71.6 Å². The quantitative estimate of drug-likeness (QED) is 0.215. The molecule has 0 unspecified atom stereocenters. The monoisotopic (exact) mass is 740 g/mol. The van der Waals surface area contributed by atoms with Gasteiger partial charge in [-0.15, -0.1) is 11.3 Å². The minimum absolute atomic E-state index is 0.124. The average molecular weight is 741 g/mol. The first-order chi connectivity index (χ1) is 25.2. The highest BCUT2D eigenvalue weighted by Crippen LogP contribution is 2.57. The van der Waals surface area contributed by atoms with E-state index in [1.807, 2.05) is 18.4 Å². The Morgan fingerprint density at radius 2 is 1.98 bits per heavy atom. The fourth-order valence-corrected chi connectivity index (χ4v) is 9.14. The van der Waals surface area contributed by atoms with Gasteiger partial charge in [0.25, 0.3) is 5.91 Å². The van der Waals surface area contributed by atoms with Gasteiger partial charge in [-0.3, -0.25) is 24.4 Å². The first kappa shape index (κ1) is 37.2. The molecule has 4 aromatic rings. The van der Waals surface area contributed by atoms with Gasteiger partial charge in [-0.2, -0.15) is 0 Å². The Morgan fingerprint density at radius 1 is 1.21 bits per heavy atom. The van der Waals surface area contributed by atoms with E-state index in [9.17, 15) is 14.4 Å². The summed E-state index contributed by atoms with van der Waals surface area (Å²) >= 11 is 1.49. The lowest BCUT2D eigenvalue weighted by Crippen LogP contribution is -2.60. The molecule has 3 aromatic heterocycles. The Bertz CT molecular complexity index is 2050. The van der Waals surface area contributed by atoms with E-state index in [-0.39, 0.29) is 48.2 Å². The third-order valence-electron chi connectivity index (χ3n) is 11.8. The molecule has 1 aromatic carbocycles. The van der Waals surface area contributed by atoms with Crippen LogP contribution in [0.15, 0.2) is 41.9 Å². The van der Waals surface area contributed by atoms with Gasteiger partial charge >= 0.3 is 5.97 Å². The number of carbonyl (C=O) groups is 3. The number of benzene rings is 1. The van der Waals surface area contributed by atoms with Gasteiger partial charge in [-0.25, -0.2) is 10.4 Å². The molecule has 12 heteroatoms. The van der Waals surface area contributed by atoms with Crippen molar-refractivity contribution < 1.29 is 23.9 Å². The van der Waals surface area contributed by atoms with Crippen LogP contribution in [0.4, 0.5) is 0 Å². The molecule has 3 aliphatic rings. The largest absolute Gasteiger partial charge is 0.464 e. The molecular formula is C41H52N6O5S. The summed E-state index contributed by atoms with van der Waals surface area (Å²) in [6, 6.07) is 9.03. The van der Waals surface area contributed by atoms with Crippen LogP contribution in [0, 0.1) is 22.7 Å². The van der Waals surface area contributed by atoms with Gasteiger partial charge in [-0.1, -0.05) is 40.7 Å². The summed E-state index contributed by atoms with van der Waals surface area (Å²) in [6.45, 7) is 16.0. The summed E-state index contributed by atoms with van der Waals surface area (Å²) in [4.78, 5) is 51.2. The van der Waals surface area contributed by atoms with E-state index in [1.165, 1.54) is 16.3 Å². The number of hydrogen-bond acceptors (Lipinski definition) is 9. The molecule has 1 saturated heterocycles. The molecule has 0 spiro atoms. The van der Waals surface area contributed by atoms with Gasteiger partial charge in [0.2, 0.25) is 5.91 Å². The van der Waals surface area contributed by atoms with Crippen molar-refractivity contribution in [2.75, 3.05) is 20.3 Å². The third-order valence-corrected chi connectivity index (χ3v) is 12.7. The standard InChI is InChI=1S/C41H52N6O5S/c1-9-46-32-15-14-25-18-27(32)28(36(46)26-12-10-16-42-35(26)24(3)51-8)20-40(4,5)22-52-39(50)29-13-11-17-47(45-29)38(49)30(19-33-43-31(25)21-53-33)44-37(48)34-23(2)41(34,6)7/h10,12,14-16,18,21,23-24,29-30,34,45H,9,11,13,17,19-20,22H2,1-8H3,(H,44,48)/t23-,24-,29-,30-,34-/m0/s1. The number of hydrazine groups is 1. The zero-order chi connectivity index (χ0) is 37.8. The number of cyclic esters (lactones) is 1. The summed E-state index contributed by atoms with van der Waals surface area (Å²) in [5, 5.41) is 8.46. The molecule has 1 saturated carbocycles. The van der Waals surface area contributed by atoms with Gasteiger partial charge in [-0.05, 0) is 74.3 Å². The number of methoxy groups -OCH3 is 1. The zero-order valence-electron chi connectivity index (χ0n) is 32.1. The molecule has 2 fully saturated rings. The van der Waals surface area contributed by atoms with Crippen LogP contribution in [0.3, 0.4) is 0 Å². The lowest BCUT2D eigenvalue weighted by molar-refractivity contribution is -0.155. The maximum atomic E-state index is 14.2. The summed E-state index contributed by atoms with van der Waals surface area (Å²) in [6.07, 6.45) is 3.62. The summed E-state index contributed by atoms with van der Waals surface area (Å²) < 4.78 is 14.2. The molecular weight excluding hydrogens is 689 g/mol. The molecule has 5 atom stereocenters. The normalized spacial score (nSPS) is 24.7. The molecule has 2 aliphatic heterocycles. The second kappa shape index (κ2) is 14.3. The van der Waals surface area contributed by atoms with E-state index < -0.39 is 23.5 Å². The number of pyridine rings is 1. The number of aromatic nitrogens is 3. The van der Waals surface area contributed by atoms with E-state index in [0.29, 0.717) is 25.8 Å². The number of thiazole rings is 1. The number of ether oxygens (including phenoxy) is 2. The Morgan fingerprint density at radius 3 is 2.70 bits per heavy atom. The topological polar surface area (TPSA) is 128 Å². The van der Waals surface area contributed by atoms with Gasteiger partial charge in [0.05, 0.1) is 34.8 Å². The van der Waals surface area contributed by atoms with Crippen LogP contribution in [-0.2, 0) is 43.2 Å². The smallest absolute Gasteiger partial charge is 0.324 e. The Kier molecular flexibility index (Phi) is 10.0. The van der Waals surface area contributed by atoms with Gasteiger partial charge < -0.3 is 19.4 Å². The Balaban J connectivity index is 1.35. The summed E-state index contributed by atoms with van der Waals surface area (Å²) in [5.74, 6) is -0.747. The molecule has 0 radical (unpaired) electrons. The van der Waals surface area contributed by atoms with Crippen LogP contribution in [0.1, 0.15) is 83.7 Å². The zero-order valence-corrected chi connectivity index (χ0v) is 32.9. The van der Waals surface area contributed by atoms with E-state index in [1.54, 1.807) is 13.3 Å². The molecule has 11 nitrogen and oxygen atoms in total. The van der Waals surface area contributed by atoms with Crippen molar-refractivity contribution >= 4 is 40.0 Å². The Labute approximate surface area is 315 Å². The van der Waals surface area contributed by atoms with Crippen LogP contribution in [-0.4, -0.2) is 69.7 Å². The molecule has 6 bridgehead atoms. The highest BCUT2D eigenvalue weighted by molar-refractivity contribution is 7.10. The number of hydrogen-bond donors (Lipinski definition) is 2.